The van der Waals surface area contributed by atoms with Gasteiger partial charge in [0.25, 0.3) is 0 Å². The molecule has 0 unspecified atom stereocenters. The fourth-order valence-electron chi connectivity index (χ4n) is 1.56. The third kappa shape index (κ3) is 2.99. The summed E-state index contributed by atoms with van der Waals surface area (Å²) in [5, 5.41) is 3.70. The summed E-state index contributed by atoms with van der Waals surface area (Å²) >= 11 is 6.00. The van der Waals surface area contributed by atoms with Crippen LogP contribution in [0.25, 0.3) is 0 Å². The van der Waals surface area contributed by atoms with Crippen molar-refractivity contribution in [1.82, 2.24) is 0 Å². The molecule has 2 rings (SSSR count). The predicted octanol–water partition coefficient (Wildman–Crippen LogP) is 4.54. The summed E-state index contributed by atoms with van der Waals surface area (Å²) in [6.07, 6.45) is 0. The van der Waals surface area contributed by atoms with Crippen molar-refractivity contribution in [3.8, 4) is 0 Å². The fraction of sp³-hybridized carbons (Fsp3) is 0.143. The lowest BCUT2D eigenvalue weighted by Gasteiger charge is -2.08. The van der Waals surface area contributed by atoms with Crippen LogP contribution in [0, 0.1) is 18.6 Å². The zero-order valence-corrected chi connectivity index (χ0v) is 10.6. The first-order valence-electron chi connectivity index (χ1n) is 5.50. The molecule has 1 nitrogen and oxygen atoms in total. The SMILES string of the molecule is Cc1ccc(CNc2ccc(F)c(F)c2)cc1Cl. The second-order valence-corrected chi connectivity index (χ2v) is 4.47. The van der Waals surface area contributed by atoms with Crippen molar-refractivity contribution >= 4 is 17.3 Å². The van der Waals surface area contributed by atoms with E-state index in [4.69, 9.17) is 11.6 Å². The van der Waals surface area contributed by atoms with Gasteiger partial charge in [-0.05, 0) is 36.2 Å². The van der Waals surface area contributed by atoms with E-state index in [1.807, 2.05) is 25.1 Å². The van der Waals surface area contributed by atoms with E-state index in [0.717, 1.165) is 23.3 Å². The fourth-order valence-corrected chi connectivity index (χ4v) is 1.76. The first kappa shape index (κ1) is 12.8. The van der Waals surface area contributed by atoms with Crippen LogP contribution in [-0.4, -0.2) is 0 Å². The van der Waals surface area contributed by atoms with Gasteiger partial charge in [-0.25, -0.2) is 8.78 Å². The minimum absolute atomic E-state index is 0.505. The third-order valence-corrected chi connectivity index (χ3v) is 3.06. The monoisotopic (exact) mass is 267 g/mol. The van der Waals surface area contributed by atoms with Crippen LogP contribution in [0.2, 0.25) is 5.02 Å². The van der Waals surface area contributed by atoms with Crippen LogP contribution in [-0.2, 0) is 6.54 Å². The van der Waals surface area contributed by atoms with E-state index in [1.54, 1.807) is 0 Å². The van der Waals surface area contributed by atoms with Crippen LogP contribution >= 0.6 is 11.6 Å². The van der Waals surface area contributed by atoms with Crippen molar-refractivity contribution in [1.29, 1.82) is 0 Å². The average Bonchev–Trinajstić information content (AvgIpc) is 2.35. The summed E-state index contributed by atoms with van der Waals surface area (Å²) in [4.78, 5) is 0. The zero-order chi connectivity index (χ0) is 13.1. The Balaban J connectivity index is 2.06. The van der Waals surface area contributed by atoms with Gasteiger partial charge in [0.15, 0.2) is 11.6 Å². The molecule has 0 fully saturated rings. The minimum atomic E-state index is -0.859. The van der Waals surface area contributed by atoms with Crippen LogP contribution in [0.5, 0.6) is 0 Å². The molecule has 2 aromatic rings. The molecule has 0 saturated heterocycles. The molecule has 2 aromatic carbocycles. The van der Waals surface area contributed by atoms with Gasteiger partial charge in [0.1, 0.15) is 0 Å². The topological polar surface area (TPSA) is 12.0 Å². The molecule has 0 aliphatic heterocycles. The van der Waals surface area contributed by atoms with Gasteiger partial charge in [-0.2, -0.15) is 0 Å². The quantitative estimate of drug-likeness (QED) is 0.861. The van der Waals surface area contributed by atoms with Gasteiger partial charge in [0, 0.05) is 23.3 Å². The Labute approximate surface area is 109 Å². The van der Waals surface area contributed by atoms with Gasteiger partial charge < -0.3 is 5.32 Å². The molecule has 0 atom stereocenters. The Morgan fingerprint density at radius 1 is 1.06 bits per heavy atom. The molecular weight excluding hydrogens is 256 g/mol. The summed E-state index contributed by atoms with van der Waals surface area (Å²) in [5.41, 5.74) is 2.52. The Hall–Kier alpha value is -1.61. The Morgan fingerprint density at radius 3 is 2.50 bits per heavy atom. The van der Waals surface area contributed by atoms with Crippen molar-refractivity contribution in [2.24, 2.45) is 0 Å². The summed E-state index contributed by atoms with van der Waals surface area (Å²) in [6, 6.07) is 9.43. The smallest absolute Gasteiger partial charge is 0.160 e. The molecule has 1 N–H and O–H groups in total. The lowest BCUT2D eigenvalue weighted by Crippen LogP contribution is -2.00. The average molecular weight is 268 g/mol. The summed E-state index contributed by atoms with van der Waals surface area (Å²) < 4.78 is 25.7. The van der Waals surface area contributed by atoms with E-state index >= 15 is 0 Å². The van der Waals surface area contributed by atoms with Crippen molar-refractivity contribution < 1.29 is 8.78 Å². The normalized spacial score (nSPS) is 10.4. The van der Waals surface area contributed by atoms with Gasteiger partial charge in [0.2, 0.25) is 0 Å². The largest absolute Gasteiger partial charge is 0.381 e. The molecule has 0 aliphatic carbocycles. The number of hydrogen-bond donors (Lipinski definition) is 1. The summed E-state index contributed by atoms with van der Waals surface area (Å²) in [5.74, 6) is -1.71. The molecular formula is C14H12ClF2N. The van der Waals surface area contributed by atoms with Crippen molar-refractivity contribution in [2.45, 2.75) is 13.5 Å². The molecule has 0 aromatic heterocycles. The molecule has 0 radical (unpaired) electrons. The zero-order valence-electron chi connectivity index (χ0n) is 9.81. The van der Waals surface area contributed by atoms with Gasteiger partial charge in [-0.15, -0.1) is 0 Å². The van der Waals surface area contributed by atoms with Crippen molar-refractivity contribution in [3.63, 3.8) is 0 Å². The predicted molar refractivity (Wildman–Crippen MR) is 69.9 cm³/mol. The molecule has 0 saturated carbocycles. The maximum Gasteiger partial charge on any atom is 0.160 e. The van der Waals surface area contributed by atoms with E-state index in [2.05, 4.69) is 5.32 Å². The second-order valence-electron chi connectivity index (χ2n) is 4.07. The second kappa shape index (κ2) is 5.36. The molecule has 0 amide bonds. The first-order chi connectivity index (χ1) is 8.56. The van der Waals surface area contributed by atoms with Crippen LogP contribution in [0.4, 0.5) is 14.5 Å². The molecule has 0 spiro atoms. The Morgan fingerprint density at radius 2 is 1.83 bits per heavy atom. The Bertz CT molecular complexity index is 518. The highest BCUT2D eigenvalue weighted by molar-refractivity contribution is 6.31. The molecule has 0 bridgehead atoms. The van der Waals surface area contributed by atoms with Gasteiger partial charge in [-0.3, -0.25) is 0 Å². The number of hydrogen-bond acceptors (Lipinski definition) is 1. The summed E-state index contributed by atoms with van der Waals surface area (Å²) in [6.45, 7) is 2.43. The number of aryl methyl sites for hydroxylation is 1. The van der Waals surface area contributed by atoms with E-state index in [-0.39, 0.29) is 0 Å². The summed E-state index contributed by atoms with van der Waals surface area (Å²) in [7, 11) is 0. The molecule has 94 valence electrons. The number of benzene rings is 2. The highest BCUT2D eigenvalue weighted by Crippen LogP contribution is 2.18. The molecule has 18 heavy (non-hydrogen) atoms. The highest BCUT2D eigenvalue weighted by atomic mass is 35.5. The maximum atomic E-state index is 13.0. The van der Waals surface area contributed by atoms with Gasteiger partial charge in [-0.1, -0.05) is 23.7 Å². The van der Waals surface area contributed by atoms with E-state index in [9.17, 15) is 8.78 Å². The van der Waals surface area contributed by atoms with E-state index in [1.165, 1.54) is 6.07 Å². The number of anilines is 1. The molecule has 0 heterocycles. The lowest BCUT2D eigenvalue weighted by atomic mass is 10.1. The van der Waals surface area contributed by atoms with E-state index in [0.29, 0.717) is 17.3 Å². The minimum Gasteiger partial charge on any atom is -0.381 e. The standard InChI is InChI=1S/C14H12ClF2N/c1-9-2-3-10(6-12(9)15)8-18-11-4-5-13(16)14(17)7-11/h2-7,18H,8H2,1H3. The third-order valence-electron chi connectivity index (χ3n) is 2.65. The Kier molecular flexibility index (Phi) is 3.82. The first-order valence-corrected chi connectivity index (χ1v) is 5.88. The molecule has 0 aliphatic rings. The van der Waals surface area contributed by atoms with Crippen LogP contribution in [0.15, 0.2) is 36.4 Å². The van der Waals surface area contributed by atoms with Gasteiger partial charge >= 0.3 is 0 Å². The van der Waals surface area contributed by atoms with Crippen LogP contribution in [0.3, 0.4) is 0 Å². The van der Waals surface area contributed by atoms with Gasteiger partial charge in [0.05, 0.1) is 0 Å². The maximum absolute atomic E-state index is 13.0. The number of rotatable bonds is 3. The van der Waals surface area contributed by atoms with E-state index < -0.39 is 11.6 Å². The number of nitrogens with one attached hydrogen (secondary N) is 1. The van der Waals surface area contributed by atoms with Crippen LogP contribution < -0.4 is 5.32 Å². The lowest BCUT2D eigenvalue weighted by molar-refractivity contribution is 0.509. The van der Waals surface area contributed by atoms with Crippen molar-refractivity contribution in [3.05, 3.63) is 64.2 Å². The molecule has 4 heteroatoms. The van der Waals surface area contributed by atoms with Crippen molar-refractivity contribution in [2.75, 3.05) is 5.32 Å². The highest BCUT2D eigenvalue weighted by Gasteiger charge is 2.03. The van der Waals surface area contributed by atoms with Crippen LogP contribution in [0.1, 0.15) is 11.1 Å². The number of halogens is 3.